The van der Waals surface area contributed by atoms with Gasteiger partial charge in [-0.25, -0.2) is 9.97 Å². The number of hydrogen-bond donors (Lipinski definition) is 1. The van der Waals surface area contributed by atoms with E-state index in [1.165, 1.54) is 29.6 Å². The fraction of sp³-hybridized carbons (Fsp3) is 0.286. The summed E-state index contributed by atoms with van der Waals surface area (Å²) in [5.41, 5.74) is 2.77. The Labute approximate surface area is 175 Å². The number of aromatic nitrogens is 2. The lowest BCUT2D eigenvalue weighted by atomic mass is 10.1. The van der Waals surface area contributed by atoms with Gasteiger partial charge in [-0.05, 0) is 55.7 Å². The van der Waals surface area contributed by atoms with E-state index >= 15 is 0 Å². The van der Waals surface area contributed by atoms with Crippen LogP contribution in [-0.4, -0.2) is 29.0 Å². The van der Waals surface area contributed by atoms with Crippen LogP contribution < -0.4 is 10.2 Å². The molecular formula is C21H19F3N4OS. The maximum Gasteiger partial charge on any atom is 0.433 e. The summed E-state index contributed by atoms with van der Waals surface area (Å²) < 4.78 is 40.4. The number of nitrogens with one attached hydrogen (secondary N) is 1. The molecule has 1 saturated heterocycles. The zero-order valence-corrected chi connectivity index (χ0v) is 16.8. The highest BCUT2D eigenvalue weighted by Gasteiger charge is 2.33. The molecule has 4 rings (SSSR count). The van der Waals surface area contributed by atoms with Crippen LogP contribution >= 0.6 is 11.3 Å². The number of rotatable bonds is 4. The van der Waals surface area contributed by atoms with Crippen molar-refractivity contribution in [1.29, 1.82) is 0 Å². The molecule has 3 aromatic rings. The van der Waals surface area contributed by atoms with Crippen LogP contribution in [0.15, 0.2) is 41.9 Å². The Balaban J connectivity index is 1.55. The van der Waals surface area contributed by atoms with Crippen molar-refractivity contribution in [2.75, 3.05) is 23.3 Å². The molecule has 1 aromatic carbocycles. The first-order chi connectivity index (χ1) is 14.4. The molecule has 0 atom stereocenters. The van der Waals surface area contributed by atoms with E-state index in [1.54, 1.807) is 11.6 Å². The van der Waals surface area contributed by atoms with Crippen molar-refractivity contribution in [2.24, 2.45) is 0 Å². The molecule has 5 nitrogen and oxygen atoms in total. The first-order valence-electron chi connectivity index (χ1n) is 9.56. The van der Waals surface area contributed by atoms with Gasteiger partial charge in [0.2, 0.25) is 5.91 Å². The van der Waals surface area contributed by atoms with Gasteiger partial charge >= 0.3 is 6.18 Å². The van der Waals surface area contributed by atoms with Crippen molar-refractivity contribution in [3.8, 4) is 0 Å². The number of halogens is 3. The van der Waals surface area contributed by atoms with E-state index in [-0.39, 0.29) is 11.7 Å². The van der Waals surface area contributed by atoms with Crippen LogP contribution in [0.4, 0.5) is 24.7 Å². The van der Waals surface area contributed by atoms with E-state index < -0.39 is 11.9 Å². The molecule has 156 valence electrons. The first kappa shape index (κ1) is 20.3. The van der Waals surface area contributed by atoms with Crippen molar-refractivity contribution in [2.45, 2.75) is 25.4 Å². The van der Waals surface area contributed by atoms with E-state index in [0.717, 1.165) is 35.5 Å². The zero-order chi connectivity index (χ0) is 21.1. The summed E-state index contributed by atoms with van der Waals surface area (Å²) in [6.45, 7) is 1.30. The molecule has 3 heterocycles. The Hall–Kier alpha value is -2.94. The van der Waals surface area contributed by atoms with Crippen molar-refractivity contribution < 1.29 is 18.0 Å². The maximum absolute atomic E-state index is 13.1. The lowest BCUT2D eigenvalue weighted by Crippen LogP contribution is -2.31. The predicted octanol–water partition coefficient (Wildman–Crippen LogP) is 5.35. The van der Waals surface area contributed by atoms with Gasteiger partial charge in [-0.1, -0.05) is 0 Å². The number of pyridine rings is 1. The molecule has 1 N–H and O–H groups in total. The van der Waals surface area contributed by atoms with Crippen LogP contribution in [0.3, 0.4) is 0 Å². The summed E-state index contributed by atoms with van der Waals surface area (Å²) in [6.07, 6.45) is 1.17. The Bertz CT molecular complexity index is 1090. The minimum Gasteiger partial charge on any atom is -0.356 e. The number of benzene rings is 1. The highest BCUT2D eigenvalue weighted by Crippen LogP contribution is 2.32. The van der Waals surface area contributed by atoms with Gasteiger partial charge in [0.1, 0.15) is 11.5 Å². The summed E-state index contributed by atoms with van der Waals surface area (Å²) in [4.78, 5) is 22.3. The van der Waals surface area contributed by atoms with Crippen molar-refractivity contribution in [1.82, 2.24) is 9.97 Å². The van der Waals surface area contributed by atoms with Crippen LogP contribution in [0, 0.1) is 0 Å². The molecule has 2 aromatic heterocycles. The molecule has 9 heteroatoms. The van der Waals surface area contributed by atoms with E-state index in [2.05, 4.69) is 15.3 Å². The summed E-state index contributed by atoms with van der Waals surface area (Å²) in [7, 11) is 0. The maximum atomic E-state index is 13.1. The zero-order valence-electron chi connectivity index (χ0n) is 15.9. The minimum atomic E-state index is -4.51. The monoisotopic (exact) mass is 432 g/mol. The Morgan fingerprint density at radius 2 is 1.93 bits per heavy atom. The average Bonchev–Trinajstić information content (AvgIpc) is 3.20. The molecule has 1 amide bonds. The third kappa shape index (κ3) is 4.62. The molecule has 0 spiro atoms. The lowest BCUT2D eigenvalue weighted by molar-refractivity contribution is -0.141. The van der Waals surface area contributed by atoms with Crippen LogP contribution in [0.2, 0.25) is 0 Å². The molecule has 1 fully saturated rings. The van der Waals surface area contributed by atoms with Gasteiger partial charge in [-0.15, -0.1) is 11.3 Å². The van der Waals surface area contributed by atoms with Crippen LogP contribution in [0.5, 0.6) is 0 Å². The second-order valence-electron chi connectivity index (χ2n) is 7.01. The average molecular weight is 432 g/mol. The third-order valence-electron chi connectivity index (χ3n) is 4.86. The molecule has 0 saturated carbocycles. The molecular weight excluding hydrogens is 413 g/mol. The Morgan fingerprint density at radius 3 is 2.70 bits per heavy atom. The van der Waals surface area contributed by atoms with E-state index in [1.807, 2.05) is 17.0 Å². The number of alkyl halides is 3. The lowest BCUT2D eigenvalue weighted by Gasteiger charge is -2.29. The summed E-state index contributed by atoms with van der Waals surface area (Å²) in [6, 6.07) is 7.72. The third-order valence-corrected chi connectivity index (χ3v) is 5.66. The fourth-order valence-corrected chi connectivity index (χ4v) is 4.10. The number of nitrogens with zero attached hydrogens (tertiary/aromatic N) is 3. The number of hydrogen-bond acceptors (Lipinski definition) is 5. The summed E-state index contributed by atoms with van der Waals surface area (Å²) >= 11 is 1.47. The Kier molecular flexibility index (Phi) is 5.72. The van der Waals surface area contributed by atoms with Crippen molar-refractivity contribution >= 4 is 45.0 Å². The number of piperidine rings is 1. The van der Waals surface area contributed by atoms with Gasteiger partial charge in [0, 0.05) is 30.4 Å². The molecule has 1 aliphatic rings. The van der Waals surface area contributed by atoms with E-state index in [9.17, 15) is 18.0 Å². The SMILES string of the molecule is O=C(C=Cc1ccc(C(F)(F)F)nc1N1CCCCC1)Nc1ccc2ncsc2c1. The largest absolute Gasteiger partial charge is 0.433 e. The minimum absolute atomic E-state index is 0.264. The summed E-state index contributed by atoms with van der Waals surface area (Å²) in [5, 5.41) is 2.77. The number of anilines is 2. The number of amides is 1. The molecule has 0 aliphatic carbocycles. The normalized spacial score (nSPS) is 15.1. The smallest absolute Gasteiger partial charge is 0.356 e. The van der Waals surface area contributed by atoms with E-state index in [0.29, 0.717) is 24.3 Å². The van der Waals surface area contributed by atoms with Crippen molar-refractivity contribution in [3.63, 3.8) is 0 Å². The van der Waals surface area contributed by atoms with E-state index in [4.69, 9.17) is 0 Å². The molecule has 0 radical (unpaired) electrons. The molecule has 30 heavy (non-hydrogen) atoms. The molecule has 1 aliphatic heterocycles. The van der Waals surface area contributed by atoms with Gasteiger partial charge in [0.25, 0.3) is 0 Å². The predicted molar refractivity (Wildman–Crippen MR) is 113 cm³/mol. The van der Waals surface area contributed by atoms with Crippen LogP contribution in [0.25, 0.3) is 16.3 Å². The Morgan fingerprint density at radius 1 is 1.13 bits per heavy atom. The van der Waals surface area contributed by atoms with Gasteiger partial charge < -0.3 is 10.2 Å². The van der Waals surface area contributed by atoms with Gasteiger partial charge in [0.15, 0.2) is 0 Å². The summed E-state index contributed by atoms with van der Waals surface area (Å²) in [5.74, 6) is -0.108. The quantitative estimate of drug-likeness (QED) is 0.565. The second kappa shape index (κ2) is 8.43. The number of carbonyl (C=O) groups is 1. The topological polar surface area (TPSA) is 58.1 Å². The fourth-order valence-electron chi connectivity index (χ4n) is 3.39. The van der Waals surface area contributed by atoms with Crippen LogP contribution in [-0.2, 0) is 11.0 Å². The number of carbonyl (C=O) groups excluding carboxylic acids is 1. The number of thiazole rings is 1. The number of fused-ring (bicyclic) bond motifs is 1. The second-order valence-corrected chi connectivity index (χ2v) is 7.90. The van der Waals surface area contributed by atoms with Gasteiger partial charge in [-0.2, -0.15) is 13.2 Å². The van der Waals surface area contributed by atoms with Crippen molar-refractivity contribution in [3.05, 3.63) is 53.2 Å². The highest BCUT2D eigenvalue weighted by atomic mass is 32.1. The van der Waals surface area contributed by atoms with Gasteiger partial charge in [-0.3, -0.25) is 4.79 Å². The standard InChI is InChI=1S/C21H19F3N4OS/c22-21(23,24)18-8-4-14(20(27-18)28-10-2-1-3-11-28)5-9-19(29)26-15-6-7-16-17(12-15)30-13-25-16/h4-9,12-13H,1-3,10-11H2,(H,26,29). The molecule has 0 unspecified atom stereocenters. The molecule has 0 bridgehead atoms. The first-order valence-corrected chi connectivity index (χ1v) is 10.4. The van der Waals surface area contributed by atoms with Crippen LogP contribution in [0.1, 0.15) is 30.5 Å². The highest BCUT2D eigenvalue weighted by molar-refractivity contribution is 7.16. The van der Waals surface area contributed by atoms with Gasteiger partial charge in [0.05, 0.1) is 15.7 Å².